The first kappa shape index (κ1) is 13.5. The maximum Gasteiger partial charge on any atom is 0.314 e. The number of nitro benzene ring substituents is 1. The minimum atomic E-state index is -0.818. The summed E-state index contributed by atoms with van der Waals surface area (Å²) in [6, 6.07) is 9.97. The molecule has 2 aromatic carbocycles. The van der Waals surface area contributed by atoms with Crippen LogP contribution in [0.3, 0.4) is 0 Å². The van der Waals surface area contributed by atoms with Crippen LogP contribution in [0, 0.1) is 34.2 Å². The number of rotatable bonds is 3. The first-order chi connectivity index (χ1) is 9.52. The summed E-state index contributed by atoms with van der Waals surface area (Å²) in [5, 5.41) is 19.7. The lowest BCUT2D eigenvalue weighted by atomic mass is 10.1. The number of hydrogen-bond acceptors (Lipinski definition) is 4. The Kier molecular flexibility index (Phi) is 3.62. The molecule has 2 aromatic rings. The van der Waals surface area contributed by atoms with Crippen LogP contribution < -0.4 is 4.74 Å². The Balaban J connectivity index is 2.43. The van der Waals surface area contributed by atoms with Crippen molar-refractivity contribution in [3.63, 3.8) is 0 Å². The highest BCUT2D eigenvalue weighted by molar-refractivity contribution is 5.50. The Morgan fingerprint density at radius 3 is 2.70 bits per heavy atom. The van der Waals surface area contributed by atoms with Crippen LogP contribution >= 0.6 is 0 Å². The van der Waals surface area contributed by atoms with Crippen molar-refractivity contribution >= 4 is 5.69 Å². The average Bonchev–Trinajstić information content (AvgIpc) is 2.41. The van der Waals surface area contributed by atoms with Crippen molar-refractivity contribution < 1.29 is 14.1 Å². The van der Waals surface area contributed by atoms with E-state index in [0.717, 1.165) is 12.1 Å². The quantitative estimate of drug-likeness (QED) is 0.630. The molecule has 0 unspecified atom stereocenters. The van der Waals surface area contributed by atoms with Crippen molar-refractivity contribution in [1.82, 2.24) is 0 Å². The highest BCUT2D eigenvalue weighted by atomic mass is 19.1. The van der Waals surface area contributed by atoms with Crippen LogP contribution in [0.4, 0.5) is 10.1 Å². The zero-order chi connectivity index (χ0) is 14.7. The number of halogens is 1. The second-order valence-electron chi connectivity index (χ2n) is 4.04. The maximum absolute atomic E-state index is 13.7. The fraction of sp³-hybridized carbons (Fsp3) is 0.0714. The van der Waals surface area contributed by atoms with Gasteiger partial charge in [-0.15, -0.1) is 0 Å². The van der Waals surface area contributed by atoms with Crippen LogP contribution in [0.25, 0.3) is 0 Å². The van der Waals surface area contributed by atoms with Crippen molar-refractivity contribution in [2.24, 2.45) is 0 Å². The zero-order valence-electron chi connectivity index (χ0n) is 10.5. The van der Waals surface area contributed by atoms with Crippen LogP contribution in [-0.4, -0.2) is 4.92 Å². The molecule has 0 amide bonds. The smallest absolute Gasteiger partial charge is 0.314 e. The molecule has 0 aliphatic carbocycles. The second-order valence-corrected chi connectivity index (χ2v) is 4.04. The number of nitro groups is 1. The molecule has 0 N–H and O–H groups in total. The molecule has 5 nitrogen and oxygen atoms in total. The van der Waals surface area contributed by atoms with Gasteiger partial charge in [-0.05, 0) is 36.8 Å². The van der Waals surface area contributed by atoms with Gasteiger partial charge < -0.3 is 4.74 Å². The van der Waals surface area contributed by atoms with Gasteiger partial charge in [0, 0.05) is 6.07 Å². The van der Waals surface area contributed by atoms with Gasteiger partial charge in [0.05, 0.1) is 16.6 Å². The highest BCUT2D eigenvalue weighted by Gasteiger charge is 2.20. The SMILES string of the molecule is Cc1cc(Oc2c(F)cccc2[N+](=O)[O-])ccc1C#N. The van der Waals surface area contributed by atoms with Crippen LogP contribution in [-0.2, 0) is 0 Å². The molecular weight excluding hydrogens is 263 g/mol. The minimum Gasteiger partial charge on any atom is -0.447 e. The van der Waals surface area contributed by atoms with Gasteiger partial charge in [0.25, 0.3) is 0 Å². The molecule has 0 aliphatic rings. The number of nitriles is 1. The Morgan fingerprint density at radius 2 is 2.10 bits per heavy atom. The Labute approximate surface area is 114 Å². The van der Waals surface area contributed by atoms with E-state index < -0.39 is 22.2 Å². The normalized spacial score (nSPS) is 9.85. The summed E-state index contributed by atoms with van der Waals surface area (Å²) in [5.41, 5.74) is 0.649. The summed E-state index contributed by atoms with van der Waals surface area (Å²) in [6.07, 6.45) is 0. The summed E-state index contributed by atoms with van der Waals surface area (Å²) < 4.78 is 18.9. The van der Waals surface area contributed by atoms with Crippen molar-refractivity contribution in [3.05, 3.63) is 63.5 Å². The molecule has 0 aromatic heterocycles. The van der Waals surface area contributed by atoms with E-state index >= 15 is 0 Å². The van der Waals surface area contributed by atoms with Crippen LogP contribution in [0.15, 0.2) is 36.4 Å². The summed E-state index contributed by atoms with van der Waals surface area (Å²) in [5.74, 6) is -1.03. The van der Waals surface area contributed by atoms with Crippen LogP contribution in [0.1, 0.15) is 11.1 Å². The Bertz CT molecular complexity index is 723. The molecule has 0 spiro atoms. The lowest BCUT2D eigenvalue weighted by Gasteiger charge is -2.08. The molecule has 0 saturated carbocycles. The van der Waals surface area contributed by atoms with Crippen molar-refractivity contribution in [1.29, 1.82) is 5.26 Å². The first-order valence-electron chi connectivity index (χ1n) is 5.64. The molecule has 0 fully saturated rings. The largest absolute Gasteiger partial charge is 0.447 e. The highest BCUT2D eigenvalue weighted by Crippen LogP contribution is 2.34. The number of hydrogen-bond donors (Lipinski definition) is 0. The van der Waals surface area contributed by atoms with Crippen molar-refractivity contribution in [2.45, 2.75) is 6.92 Å². The second kappa shape index (κ2) is 5.36. The Hall–Kier alpha value is -2.94. The van der Waals surface area contributed by atoms with Gasteiger partial charge in [-0.1, -0.05) is 6.07 Å². The molecular formula is C14H9FN2O3. The van der Waals surface area contributed by atoms with E-state index in [4.69, 9.17) is 10.00 Å². The van der Waals surface area contributed by atoms with E-state index in [1.165, 1.54) is 24.3 Å². The van der Waals surface area contributed by atoms with Gasteiger partial charge in [-0.3, -0.25) is 10.1 Å². The molecule has 6 heteroatoms. The minimum absolute atomic E-state index is 0.231. The third-order valence-corrected chi connectivity index (χ3v) is 2.68. The molecule has 0 heterocycles. The number of aryl methyl sites for hydroxylation is 1. The van der Waals surface area contributed by atoms with Gasteiger partial charge in [0.1, 0.15) is 5.75 Å². The number of benzene rings is 2. The molecule has 2 rings (SSSR count). The molecule has 0 bridgehead atoms. The maximum atomic E-state index is 13.7. The Morgan fingerprint density at radius 1 is 1.35 bits per heavy atom. The van der Waals surface area contributed by atoms with Gasteiger partial charge in [-0.25, -0.2) is 4.39 Å². The van der Waals surface area contributed by atoms with Crippen LogP contribution in [0.5, 0.6) is 11.5 Å². The van der Waals surface area contributed by atoms with E-state index in [9.17, 15) is 14.5 Å². The van der Waals surface area contributed by atoms with Crippen molar-refractivity contribution in [3.8, 4) is 17.6 Å². The van der Waals surface area contributed by atoms with Gasteiger partial charge >= 0.3 is 5.69 Å². The third kappa shape index (κ3) is 2.57. The summed E-state index contributed by atoms with van der Waals surface area (Å²) in [7, 11) is 0. The number of nitrogens with zero attached hydrogens (tertiary/aromatic N) is 2. The van der Waals surface area contributed by atoms with Crippen molar-refractivity contribution in [2.75, 3.05) is 0 Å². The average molecular weight is 272 g/mol. The molecule has 0 radical (unpaired) electrons. The topological polar surface area (TPSA) is 76.2 Å². The molecule has 0 atom stereocenters. The summed E-state index contributed by atoms with van der Waals surface area (Å²) in [4.78, 5) is 10.1. The van der Waals surface area contributed by atoms with Crippen LogP contribution in [0.2, 0.25) is 0 Å². The van der Waals surface area contributed by atoms with Gasteiger partial charge in [0.2, 0.25) is 5.75 Å². The molecule has 100 valence electrons. The van der Waals surface area contributed by atoms with E-state index in [1.807, 2.05) is 6.07 Å². The molecule has 0 aliphatic heterocycles. The molecule has 0 saturated heterocycles. The van der Waals surface area contributed by atoms with E-state index in [2.05, 4.69) is 0 Å². The summed E-state index contributed by atoms with van der Waals surface area (Å²) >= 11 is 0. The zero-order valence-corrected chi connectivity index (χ0v) is 10.5. The lowest BCUT2D eigenvalue weighted by Crippen LogP contribution is -1.96. The summed E-state index contributed by atoms with van der Waals surface area (Å²) in [6.45, 7) is 1.70. The number of para-hydroxylation sites is 1. The van der Waals surface area contributed by atoms with Gasteiger partial charge in [0.15, 0.2) is 5.82 Å². The third-order valence-electron chi connectivity index (χ3n) is 2.68. The first-order valence-corrected chi connectivity index (χ1v) is 5.64. The lowest BCUT2D eigenvalue weighted by molar-refractivity contribution is -0.385. The fourth-order valence-corrected chi connectivity index (χ4v) is 1.69. The molecule has 20 heavy (non-hydrogen) atoms. The van der Waals surface area contributed by atoms with E-state index in [1.54, 1.807) is 6.92 Å². The predicted octanol–water partition coefficient (Wildman–Crippen LogP) is 3.71. The monoisotopic (exact) mass is 272 g/mol. The van der Waals surface area contributed by atoms with Gasteiger partial charge in [-0.2, -0.15) is 5.26 Å². The fourth-order valence-electron chi connectivity index (χ4n) is 1.69. The number of ether oxygens (including phenoxy) is 1. The van der Waals surface area contributed by atoms with E-state index in [0.29, 0.717) is 11.1 Å². The standard InChI is InChI=1S/C14H9FN2O3/c1-9-7-11(6-5-10(9)8-16)20-14-12(15)3-2-4-13(14)17(18)19/h2-7H,1H3. The predicted molar refractivity (Wildman–Crippen MR) is 69.0 cm³/mol. The van der Waals surface area contributed by atoms with E-state index in [-0.39, 0.29) is 5.75 Å².